The molecule has 1 aliphatic carbocycles. The monoisotopic (exact) mass is 257 g/mol. The molecule has 0 bridgehead atoms. The maximum atomic E-state index is 11.7. The molecule has 19 heavy (non-hydrogen) atoms. The van der Waals surface area contributed by atoms with Crippen molar-refractivity contribution in [1.29, 1.82) is 0 Å². The molecule has 3 rings (SSSR count). The zero-order valence-corrected chi connectivity index (χ0v) is 10.7. The number of carbonyl (C=O) groups is 1. The van der Waals surface area contributed by atoms with Crippen LogP contribution in [0.4, 0.5) is 0 Å². The summed E-state index contributed by atoms with van der Waals surface area (Å²) in [5.74, 6) is -0.601. The molecule has 0 atom stereocenters. The number of aromatic carboxylic acids is 1. The van der Waals surface area contributed by atoms with Gasteiger partial charge in [0.25, 0.3) is 5.56 Å². The van der Waals surface area contributed by atoms with Crippen LogP contribution in [0, 0.1) is 6.92 Å². The average Bonchev–Trinajstić information content (AvgIpc) is 2.25. The van der Waals surface area contributed by atoms with Crippen LogP contribution in [0.2, 0.25) is 0 Å². The second-order valence-electron chi connectivity index (χ2n) is 5.24. The minimum Gasteiger partial charge on any atom is -0.477 e. The van der Waals surface area contributed by atoms with Crippen molar-refractivity contribution in [2.75, 3.05) is 0 Å². The smallest absolute Gasteiger partial charge is 0.341 e. The Morgan fingerprint density at radius 2 is 2.05 bits per heavy atom. The Balaban J connectivity index is 2.23. The molecule has 1 aromatic heterocycles. The average molecular weight is 257 g/mol. The van der Waals surface area contributed by atoms with E-state index in [-0.39, 0.29) is 5.56 Å². The molecule has 1 fully saturated rings. The minimum atomic E-state index is -1.19. The summed E-state index contributed by atoms with van der Waals surface area (Å²) in [5.41, 5.74) is 2.25. The lowest BCUT2D eigenvalue weighted by atomic mass is 9.79. The molecular formula is C15H15NO3. The second kappa shape index (κ2) is 4.23. The Kier molecular flexibility index (Phi) is 2.66. The largest absolute Gasteiger partial charge is 0.477 e. The van der Waals surface area contributed by atoms with E-state index < -0.39 is 11.5 Å². The van der Waals surface area contributed by atoms with Crippen LogP contribution < -0.4 is 5.56 Å². The molecule has 1 aromatic carbocycles. The van der Waals surface area contributed by atoms with E-state index in [1.807, 2.05) is 13.0 Å². The van der Waals surface area contributed by atoms with Crippen LogP contribution in [0.5, 0.6) is 0 Å². The Labute approximate surface area is 110 Å². The summed E-state index contributed by atoms with van der Waals surface area (Å²) in [6.45, 7) is 1.95. The lowest BCUT2D eigenvalue weighted by Gasteiger charge is -2.26. The van der Waals surface area contributed by atoms with Gasteiger partial charge in [-0.2, -0.15) is 0 Å². The summed E-state index contributed by atoms with van der Waals surface area (Å²) in [5, 5.41) is 9.79. The van der Waals surface area contributed by atoms with Crippen LogP contribution in [-0.4, -0.2) is 16.1 Å². The van der Waals surface area contributed by atoms with Crippen LogP contribution in [0.15, 0.2) is 23.0 Å². The summed E-state index contributed by atoms with van der Waals surface area (Å²) in [7, 11) is 0. The zero-order chi connectivity index (χ0) is 13.6. The van der Waals surface area contributed by atoms with Gasteiger partial charge < -0.3 is 10.1 Å². The Bertz CT molecular complexity index is 726. The maximum Gasteiger partial charge on any atom is 0.341 e. The third-order valence-corrected chi connectivity index (χ3v) is 4.00. The van der Waals surface area contributed by atoms with Crippen LogP contribution >= 0.6 is 0 Å². The predicted octanol–water partition coefficient (Wildman–Crippen LogP) is 2.80. The van der Waals surface area contributed by atoms with Gasteiger partial charge in [0, 0.05) is 10.9 Å². The van der Waals surface area contributed by atoms with E-state index in [0.29, 0.717) is 5.92 Å². The summed E-state index contributed by atoms with van der Waals surface area (Å²) in [4.78, 5) is 25.4. The van der Waals surface area contributed by atoms with Crippen molar-refractivity contribution in [3.8, 4) is 0 Å². The Morgan fingerprint density at radius 3 is 2.63 bits per heavy atom. The first-order valence-corrected chi connectivity index (χ1v) is 6.47. The molecule has 0 radical (unpaired) electrons. The van der Waals surface area contributed by atoms with Gasteiger partial charge in [-0.3, -0.25) is 4.79 Å². The highest BCUT2D eigenvalue weighted by molar-refractivity contribution is 5.93. The van der Waals surface area contributed by atoms with Gasteiger partial charge in [0.2, 0.25) is 0 Å². The second-order valence-corrected chi connectivity index (χ2v) is 5.24. The van der Waals surface area contributed by atoms with Gasteiger partial charge in [0.1, 0.15) is 5.56 Å². The van der Waals surface area contributed by atoms with E-state index in [2.05, 4.69) is 11.1 Å². The molecule has 98 valence electrons. The number of aryl methyl sites for hydroxylation is 1. The number of fused-ring (bicyclic) bond motifs is 1. The lowest BCUT2D eigenvalue weighted by Crippen LogP contribution is -2.17. The number of H-pyrrole nitrogens is 1. The van der Waals surface area contributed by atoms with E-state index in [1.54, 1.807) is 0 Å². The fourth-order valence-corrected chi connectivity index (χ4v) is 2.66. The van der Waals surface area contributed by atoms with Gasteiger partial charge in [-0.1, -0.05) is 12.5 Å². The number of hydrogen-bond donors (Lipinski definition) is 2. The first kappa shape index (κ1) is 12.0. The number of aromatic amines is 1. The molecule has 1 heterocycles. The van der Waals surface area contributed by atoms with E-state index in [0.717, 1.165) is 16.5 Å². The molecule has 0 saturated heterocycles. The number of pyridine rings is 1. The Hall–Kier alpha value is -2.10. The molecule has 1 saturated carbocycles. The number of aromatic nitrogens is 1. The maximum absolute atomic E-state index is 11.7. The normalized spacial score (nSPS) is 15.4. The van der Waals surface area contributed by atoms with Crippen LogP contribution in [0.1, 0.15) is 46.7 Å². The van der Waals surface area contributed by atoms with Crippen molar-refractivity contribution >= 4 is 16.9 Å². The number of nitrogens with one attached hydrogen (secondary N) is 1. The third-order valence-electron chi connectivity index (χ3n) is 4.00. The number of carboxylic acids is 1. The van der Waals surface area contributed by atoms with E-state index in [1.165, 1.54) is 30.9 Å². The Morgan fingerprint density at radius 1 is 1.32 bits per heavy atom. The summed E-state index contributed by atoms with van der Waals surface area (Å²) < 4.78 is 0. The molecule has 2 N–H and O–H groups in total. The molecular weight excluding hydrogens is 242 g/mol. The molecule has 2 aromatic rings. The van der Waals surface area contributed by atoms with Crippen LogP contribution in [-0.2, 0) is 0 Å². The summed E-state index contributed by atoms with van der Waals surface area (Å²) in [6, 6.07) is 5.56. The molecule has 4 nitrogen and oxygen atoms in total. The predicted molar refractivity (Wildman–Crippen MR) is 72.9 cm³/mol. The third kappa shape index (κ3) is 1.93. The van der Waals surface area contributed by atoms with Crippen LogP contribution in [0.3, 0.4) is 0 Å². The fraction of sp³-hybridized carbons (Fsp3) is 0.333. The quantitative estimate of drug-likeness (QED) is 0.869. The fourth-order valence-electron chi connectivity index (χ4n) is 2.66. The molecule has 1 aliphatic rings. The number of benzene rings is 1. The van der Waals surface area contributed by atoms with Gasteiger partial charge in [-0.15, -0.1) is 0 Å². The van der Waals surface area contributed by atoms with Gasteiger partial charge >= 0.3 is 5.97 Å². The topological polar surface area (TPSA) is 70.2 Å². The van der Waals surface area contributed by atoms with Crippen LogP contribution in [0.25, 0.3) is 10.9 Å². The van der Waals surface area contributed by atoms with E-state index in [4.69, 9.17) is 5.11 Å². The number of carboxylic acid groups (broad SMARTS) is 1. The van der Waals surface area contributed by atoms with E-state index in [9.17, 15) is 9.59 Å². The van der Waals surface area contributed by atoms with Crippen molar-refractivity contribution < 1.29 is 9.90 Å². The van der Waals surface area contributed by atoms with Crippen molar-refractivity contribution in [1.82, 2.24) is 4.98 Å². The number of rotatable bonds is 2. The summed E-state index contributed by atoms with van der Waals surface area (Å²) >= 11 is 0. The molecule has 0 spiro atoms. The molecule has 4 heteroatoms. The van der Waals surface area contributed by atoms with Gasteiger partial charge in [-0.25, -0.2) is 4.79 Å². The van der Waals surface area contributed by atoms with Gasteiger partial charge in [-0.05, 0) is 48.9 Å². The molecule has 0 aliphatic heterocycles. The zero-order valence-electron chi connectivity index (χ0n) is 10.7. The first-order chi connectivity index (χ1) is 9.06. The minimum absolute atomic E-state index is 0.202. The number of hydrogen-bond acceptors (Lipinski definition) is 2. The highest BCUT2D eigenvalue weighted by atomic mass is 16.4. The van der Waals surface area contributed by atoms with Gasteiger partial charge in [0.05, 0.1) is 0 Å². The van der Waals surface area contributed by atoms with Gasteiger partial charge in [0.15, 0.2) is 0 Å². The highest BCUT2D eigenvalue weighted by Crippen LogP contribution is 2.37. The SMILES string of the molecule is Cc1cc(C2CCC2)cc2[nH]c(=O)c(C(=O)O)cc12. The first-order valence-electron chi connectivity index (χ1n) is 6.47. The van der Waals surface area contributed by atoms with Crippen molar-refractivity contribution in [2.45, 2.75) is 32.1 Å². The standard InChI is InChI=1S/C15H15NO3/c1-8-5-10(9-3-2-4-9)6-13-11(8)7-12(15(18)19)14(17)16-13/h5-7,9H,2-4H2,1H3,(H,16,17)(H,18,19). The highest BCUT2D eigenvalue weighted by Gasteiger charge is 2.21. The van der Waals surface area contributed by atoms with Crippen molar-refractivity contribution in [2.24, 2.45) is 0 Å². The molecule has 0 amide bonds. The van der Waals surface area contributed by atoms with Crippen molar-refractivity contribution in [3.63, 3.8) is 0 Å². The molecule has 0 unspecified atom stereocenters. The van der Waals surface area contributed by atoms with E-state index >= 15 is 0 Å². The summed E-state index contributed by atoms with van der Waals surface area (Å²) in [6.07, 6.45) is 3.65. The van der Waals surface area contributed by atoms with Crippen molar-refractivity contribution in [3.05, 3.63) is 45.2 Å². The lowest BCUT2D eigenvalue weighted by molar-refractivity contribution is 0.0695.